The summed E-state index contributed by atoms with van der Waals surface area (Å²) in [6.45, 7) is 6.06. The van der Waals surface area contributed by atoms with E-state index in [1.165, 1.54) is 5.56 Å². The molecule has 0 spiro atoms. The zero-order valence-electron chi connectivity index (χ0n) is 14.5. The molecule has 0 amide bonds. The van der Waals surface area contributed by atoms with Crippen molar-refractivity contribution < 1.29 is 10.2 Å². The van der Waals surface area contributed by atoms with E-state index in [4.69, 9.17) is 0 Å². The summed E-state index contributed by atoms with van der Waals surface area (Å²) in [7, 11) is 0. The van der Waals surface area contributed by atoms with E-state index in [0.717, 1.165) is 5.46 Å². The van der Waals surface area contributed by atoms with Crippen LogP contribution in [0.3, 0.4) is 0 Å². The van der Waals surface area contributed by atoms with E-state index in [2.05, 4.69) is 42.7 Å². The second kappa shape index (κ2) is 5.35. The van der Waals surface area contributed by atoms with Gasteiger partial charge >= 0.3 is 6.98 Å². The molecule has 0 saturated heterocycles. The molecular weight excluding hydrogens is 311 g/mol. The molecule has 4 nitrogen and oxygen atoms in total. The normalized spacial score (nSPS) is 13.5. The van der Waals surface area contributed by atoms with Crippen molar-refractivity contribution in [1.29, 1.82) is 0 Å². The van der Waals surface area contributed by atoms with Crippen LogP contribution >= 0.6 is 0 Å². The number of hydrogen-bond donors (Lipinski definition) is 2. The van der Waals surface area contributed by atoms with Gasteiger partial charge in [0.05, 0.1) is 0 Å². The Labute approximate surface area is 146 Å². The van der Waals surface area contributed by atoms with E-state index in [-0.39, 0.29) is 16.9 Å². The van der Waals surface area contributed by atoms with Crippen molar-refractivity contribution in [2.24, 2.45) is 9.81 Å². The molecule has 5 heteroatoms. The van der Waals surface area contributed by atoms with Crippen molar-refractivity contribution in [3.8, 4) is 11.5 Å². The average Bonchev–Trinajstić information content (AvgIpc) is 3.05. The van der Waals surface area contributed by atoms with Gasteiger partial charge in [-0.15, -0.1) is 0 Å². The number of hydrogen-bond acceptors (Lipinski definition) is 4. The van der Waals surface area contributed by atoms with Crippen LogP contribution in [-0.2, 0) is 5.41 Å². The molecule has 2 N–H and O–H groups in total. The van der Waals surface area contributed by atoms with E-state index in [0.29, 0.717) is 21.5 Å². The van der Waals surface area contributed by atoms with Crippen LogP contribution in [0.1, 0.15) is 26.3 Å². The van der Waals surface area contributed by atoms with Gasteiger partial charge in [-0.25, -0.2) is 0 Å². The SMILES string of the molecule is CC(C)(C)c1ccc(B2N=c3c(O)c4ccccc4c(O)c3=N2)cc1. The van der Waals surface area contributed by atoms with Gasteiger partial charge in [0.15, 0.2) is 0 Å². The lowest BCUT2D eigenvalue weighted by atomic mass is 9.70. The smallest absolute Gasteiger partial charge is 0.449 e. The first kappa shape index (κ1) is 15.7. The largest absolute Gasteiger partial charge is 0.505 e. The van der Waals surface area contributed by atoms with Gasteiger partial charge in [-0.3, -0.25) is 0 Å². The van der Waals surface area contributed by atoms with Crippen LogP contribution in [0, 0.1) is 0 Å². The van der Waals surface area contributed by atoms with Crippen molar-refractivity contribution in [1.82, 2.24) is 0 Å². The molecule has 0 saturated carbocycles. The molecule has 4 rings (SSSR count). The molecule has 1 aliphatic rings. The molecule has 25 heavy (non-hydrogen) atoms. The molecule has 0 atom stereocenters. The number of nitrogens with zero attached hydrogens (tertiary/aromatic N) is 2. The second-order valence-corrected chi connectivity index (χ2v) is 7.44. The summed E-state index contributed by atoms with van der Waals surface area (Å²) in [5, 5.41) is 23.0. The fourth-order valence-electron chi connectivity index (χ4n) is 3.20. The van der Waals surface area contributed by atoms with Crippen LogP contribution in [0.15, 0.2) is 58.3 Å². The minimum Gasteiger partial charge on any atom is -0.505 e. The monoisotopic (exact) mass is 330 g/mol. The van der Waals surface area contributed by atoms with Crippen LogP contribution in [0.5, 0.6) is 11.5 Å². The Kier molecular flexibility index (Phi) is 3.36. The average molecular weight is 330 g/mol. The van der Waals surface area contributed by atoms with Gasteiger partial charge in [0.25, 0.3) is 0 Å². The number of rotatable bonds is 1. The molecule has 1 heterocycles. The Morgan fingerprint density at radius 2 is 1.24 bits per heavy atom. The Balaban J connectivity index is 1.86. The van der Waals surface area contributed by atoms with Crippen molar-refractivity contribution in [2.75, 3.05) is 0 Å². The summed E-state index contributed by atoms with van der Waals surface area (Å²) in [6.07, 6.45) is 0. The lowest BCUT2D eigenvalue weighted by Crippen LogP contribution is -2.26. The molecule has 0 bridgehead atoms. The Hall–Kier alpha value is -2.82. The van der Waals surface area contributed by atoms with Crippen LogP contribution < -0.4 is 16.2 Å². The topological polar surface area (TPSA) is 65.2 Å². The van der Waals surface area contributed by atoms with Gasteiger partial charge in [-0.1, -0.05) is 69.3 Å². The highest BCUT2D eigenvalue weighted by molar-refractivity contribution is 6.70. The summed E-state index contributed by atoms with van der Waals surface area (Å²) in [5.74, 6) is 0.141. The van der Waals surface area contributed by atoms with E-state index < -0.39 is 6.98 Å². The van der Waals surface area contributed by atoms with Gasteiger partial charge in [0.2, 0.25) is 0 Å². The molecule has 0 radical (unpaired) electrons. The number of benzene rings is 3. The fourth-order valence-corrected chi connectivity index (χ4v) is 3.20. The highest BCUT2D eigenvalue weighted by Gasteiger charge is 2.25. The molecule has 3 aromatic carbocycles. The highest BCUT2D eigenvalue weighted by Crippen LogP contribution is 2.26. The highest BCUT2D eigenvalue weighted by atomic mass is 16.3. The summed E-state index contributed by atoms with van der Waals surface area (Å²) < 4.78 is 0. The first-order valence-electron chi connectivity index (χ1n) is 8.35. The quantitative estimate of drug-likeness (QED) is 0.531. The molecule has 0 aromatic heterocycles. The molecule has 0 unspecified atom stereocenters. The first-order chi connectivity index (χ1) is 11.9. The minimum absolute atomic E-state index is 0.0703. The summed E-state index contributed by atoms with van der Waals surface area (Å²) >= 11 is 0. The Morgan fingerprint density at radius 1 is 0.760 bits per heavy atom. The lowest BCUT2D eigenvalue weighted by Gasteiger charge is -2.19. The third kappa shape index (κ3) is 2.47. The van der Waals surface area contributed by atoms with E-state index >= 15 is 0 Å². The lowest BCUT2D eigenvalue weighted by molar-refractivity contribution is 0.459. The second-order valence-electron chi connectivity index (χ2n) is 7.44. The number of aromatic hydroxyl groups is 2. The first-order valence-corrected chi connectivity index (χ1v) is 8.35. The van der Waals surface area contributed by atoms with Gasteiger partial charge in [0, 0.05) is 10.8 Å². The Bertz CT molecular complexity index is 1040. The van der Waals surface area contributed by atoms with Crippen molar-refractivity contribution in [3.63, 3.8) is 0 Å². The molecule has 3 aromatic rings. The maximum atomic E-state index is 10.5. The molecule has 0 aliphatic carbocycles. The van der Waals surface area contributed by atoms with Gasteiger partial charge in [0.1, 0.15) is 22.2 Å². The van der Waals surface area contributed by atoms with Crippen molar-refractivity contribution in [2.45, 2.75) is 26.2 Å². The van der Waals surface area contributed by atoms with E-state index in [1.54, 1.807) is 12.1 Å². The Morgan fingerprint density at radius 3 is 1.68 bits per heavy atom. The summed E-state index contributed by atoms with van der Waals surface area (Å²) in [4.78, 5) is 9.10. The number of phenols is 2. The summed E-state index contributed by atoms with van der Waals surface area (Å²) in [6, 6.07) is 15.4. The number of phenolic OH excluding ortho intramolecular Hbond substituents is 2. The summed E-state index contributed by atoms with van der Waals surface area (Å²) in [5.41, 5.74) is 2.26. The maximum absolute atomic E-state index is 10.5. The zero-order chi connectivity index (χ0) is 17.8. The standard InChI is InChI=1S/C20H19BN2O2/c1-20(2,3)12-8-10-13(11-9-12)21-22-16-17(23-21)19(25)15-7-5-4-6-14(15)18(16)24/h4-11,24-25H,1-3H3. The van der Waals surface area contributed by atoms with Crippen LogP contribution in [-0.4, -0.2) is 17.2 Å². The van der Waals surface area contributed by atoms with Crippen LogP contribution in [0.2, 0.25) is 0 Å². The molecule has 1 aliphatic heterocycles. The zero-order valence-corrected chi connectivity index (χ0v) is 14.5. The predicted molar refractivity (Wildman–Crippen MR) is 100 cm³/mol. The third-order valence-electron chi connectivity index (χ3n) is 4.69. The van der Waals surface area contributed by atoms with Gasteiger partial charge < -0.3 is 20.0 Å². The fraction of sp³-hybridized carbons (Fsp3) is 0.200. The van der Waals surface area contributed by atoms with Gasteiger partial charge in [-0.05, 0) is 16.4 Å². The van der Waals surface area contributed by atoms with Crippen molar-refractivity contribution in [3.05, 3.63) is 64.8 Å². The van der Waals surface area contributed by atoms with E-state index in [1.807, 2.05) is 24.3 Å². The molecular formula is C20H19BN2O2. The molecule has 0 fully saturated rings. The van der Waals surface area contributed by atoms with Crippen LogP contribution in [0.4, 0.5) is 0 Å². The van der Waals surface area contributed by atoms with Crippen LogP contribution in [0.25, 0.3) is 10.8 Å². The van der Waals surface area contributed by atoms with E-state index in [9.17, 15) is 10.2 Å². The third-order valence-corrected chi connectivity index (χ3v) is 4.69. The number of fused-ring (bicyclic) bond motifs is 2. The molecule has 124 valence electrons. The van der Waals surface area contributed by atoms with Crippen molar-refractivity contribution >= 4 is 23.2 Å². The predicted octanol–water partition coefficient (Wildman–Crippen LogP) is 2.20. The minimum atomic E-state index is -0.447. The maximum Gasteiger partial charge on any atom is 0.449 e. The van der Waals surface area contributed by atoms with Gasteiger partial charge in [-0.2, -0.15) is 0 Å².